The number of fused-ring (bicyclic) bond motifs is 1. The number of para-hydroxylation sites is 1. The van der Waals surface area contributed by atoms with Crippen LogP contribution >= 0.6 is 11.8 Å². The van der Waals surface area contributed by atoms with E-state index in [1.165, 1.54) is 0 Å². The van der Waals surface area contributed by atoms with Crippen LogP contribution in [0.15, 0.2) is 47.5 Å². The zero-order chi connectivity index (χ0) is 17.3. The van der Waals surface area contributed by atoms with E-state index in [9.17, 15) is 4.79 Å². The highest BCUT2D eigenvalue weighted by Crippen LogP contribution is 2.25. The molecule has 3 rings (SSSR count). The second kappa shape index (κ2) is 6.28. The fourth-order valence-corrected chi connectivity index (χ4v) is 2.85. The molecular formula is C18H20N4OS. The number of thioether (sulfide) groups is 1. The number of anilines is 1. The van der Waals surface area contributed by atoms with Crippen LogP contribution in [-0.2, 0) is 5.41 Å². The summed E-state index contributed by atoms with van der Waals surface area (Å²) in [5.41, 5.74) is 2.77. The smallest absolute Gasteiger partial charge is 0.276 e. The average molecular weight is 340 g/mol. The van der Waals surface area contributed by atoms with Crippen LogP contribution < -0.4 is 5.32 Å². The summed E-state index contributed by atoms with van der Waals surface area (Å²) in [5, 5.41) is 7.32. The van der Waals surface area contributed by atoms with E-state index >= 15 is 0 Å². The maximum Gasteiger partial charge on any atom is 0.276 e. The minimum atomic E-state index is -0.232. The van der Waals surface area contributed by atoms with Crippen LogP contribution in [0.2, 0.25) is 0 Å². The van der Waals surface area contributed by atoms with Gasteiger partial charge in [0.25, 0.3) is 5.91 Å². The number of amides is 1. The Kier molecular flexibility index (Phi) is 4.32. The van der Waals surface area contributed by atoms with Gasteiger partial charge in [0.15, 0.2) is 5.65 Å². The molecule has 1 aromatic carbocycles. The summed E-state index contributed by atoms with van der Waals surface area (Å²) in [4.78, 5) is 18.1. The number of nitrogens with zero attached hydrogens (tertiary/aromatic N) is 3. The highest BCUT2D eigenvalue weighted by Gasteiger charge is 2.19. The molecule has 0 spiro atoms. The van der Waals surface area contributed by atoms with Gasteiger partial charge in [-0.25, -0.2) is 9.50 Å². The first-order valence-electron chi connectivity index (χ1n) is 7.70. The molecule has 5 nitrogen and oxygen atoms in total. The maximum atomic E-state index is 12.5. The summed E-state index contributed by atoms with van der Waals surface area (Å²) in [7, 11) is 0. The number of rotatable bonds is 3. The van der Waals surface area contributed by atoms with E-state index in [4.69, 9.17) is 0 Å². The Balaban J connectivity index is 1.90. The largest absolute Gasteiger partial charge is 0.320 e. The molecule has 3 aromatic rings. The molecule has 0 bridgehead atoms. The molecule has 1 N–H and O–H groups in total. The Morgan fingerprint density at radius 1 is 1.17 bits per heavy atom. The molecule has 0 aliphatic rings. The van der Waals surface area contributed by atoms with Crippen LogP contribution in [0, 0.1) is 0 Å². The maximum absolute atomic E-state index is 12.5. The number of carbonyl (C=O) groups excluding carboxylic acids is 1. The zero-order valence-corrected chi connectivity index (χ0v) is 15.0. The third kappa shape index (κ3) is 3.28. The van der Waals surface area contributed by atoms with E-state index in [-0.39, 0.29) is 11.3 Å². The SMILES string of the molecule is CSc1ccccc1NC(=O)c1ccc2nc(C(C)(C)C)cn2n1. The van der Waals surface area contributed by atoms with Crippen molar-refractivity contribution >= 4 is 29.0 Å². The number of hydrogen-bond acceptors (Lipinski definition) is 4. The summed E-state index contributed by atoms with van der Waals surface area (Å²) < 4.78 is 1.66. The van der Waals surface area contributed by atoms with Crippen LogP contribution in [0.1, 0.15) is 37.0 Å². The van der Waals surface area contributed by atoms with Crippen molar-refractivity contribution in [3.8, 4) is 0 Å². The van der Waals surface area contributed by atoms with E-state index < -0.39 is 0 Å². The molecule has 0 atom stereocenters. The second-order valence-corrected chi connectivity index (χ2v) is 7.40. The van der Waals surface area contributed by atoms with E-state index in [0.717, 1.165) is 21.9 Å². The summed E-state index contributed by atoms with van der Waals surface area (Å²) >= 11 is 1.59. The molecule has 1 amide bonds. The first-order chi connectivity index (χ1) is 11.4. The van der Waals surface area contributed by atoms with E-state index in [2.05, 4.69) is 36.2 Å². The molecule has 0 unspecified atom stereocenters. The minimum Gasteiger partial charge on any atom is -0.320 e. The topological polar surface area (TPSA) is 59.3 Å². The molecular weight excluding hydrogens is 320 g/mol. The molecule has 0 saturated carbocycles. The van der Waals surface area contributed by atoms with Gasteiger partial charge in [-0.1, -0.05) is 32.9 Å². The van der Waals surface area contributed by atoms with Crippen molar-refractivity contribution in [2.24, 2.45) is 0 Å². The zero-order valence-electron chi connectivity index (χ0n) is 14.2. The van der Waals surface area contributed by atoms with Gasteiger partial charge in [-0.05, 0) is 30.5 Å². The molecule has 0 saturated heterocycles. The molecule has 124 valence electrons. The number of nitrogens with one attached hydrogen (secondary N) is 1. The van der Waals surface area contributed by atoms with Crippen LogP contribution in [-0.4, -0.2) is 26.8 Å². The monoisotopic (exact) mass is 340 g/mol. The predicted octanol–water partition coefficient (Wildman–Crippen LogP) is 4.00. The van der Waals surface area contributed by atoms with Crippen LogP contribution in [0.3, 0.4) is 0 Å². The minimum absolute atomic E-state index is 0.0621. The van der Waals surface area contributed by atoms with Crippen LogP contribution in [0.25, 0.3) is 5.65 Å². The van der Waals surface area contributed by atoms with Gasteiger partial charge in [0.2, 0.25) is 0 Å². The van der Waals surface area contributed by atoms with Crippen molar-refractivity contribution in [1.82, 2.24) is 14.6 Å². The van der Waals surface area contributed by atoms with Crippen molar-refractivity contribution in [2.45, 2.75) is 31.1 Å². The van der Waals surface area contributed by atoms with Gasteiger partial charge in [-0.3, -0.25) is 4.79 Å². The van der Waals surface area contributed by atoms with Gasteiger partial charge in [0.1, 0.15) is 5.69 Å². The van der Waals surface area contributed by atoms with Crippen molar-refractivity contribution in [3.05, 3.63) is 54.0 Å². The average Bonchev–Trinajstić information content (AvgIpc) is 2.98. The van der Waals surface area contributed by atoms with E-state index in [0.29, 0.717) is 5.69 Å². The Labute approximate surface area is 145 Å². The van der Waals surface area contributed by atoms with Gasteiger partial charge in [0.05, 0.1) is 17.6 Å². The fraction of sp³-hybridized carbons (Fsp3) is 0.278. The van der Waals surface area contributed by atoms with Crippen molar-refractivity contribution in [2.75, 3.05) is 11.6 Å². The fourth-order valence-electron chi connectivity index (χ4n) is 2.30. The molecule has 0 fully saturated rings. The predicted molar refractivity (Wildman–Crippen MR) is 97.9 cm³/mol. The highest BCUT2D eigenvalue weighted by molar-refractivity contribution is 7.98. The lowest BCUT2D eigenvalue weighted by Crippen LogP contribution is -2.15. The molecule has 0 aliphatic heterocycles. The number of carbonyl (C=O) groups is 1. The summed E-state index contributed by atoms with van der Waals surface area (Å²) in [5.74, 6) is -0.232. The molecule has 2 heterocycles. The molecule has 2 aromatic heterocycles. The molecule has 24 heavy (non-hydrogen) atoms. The van der Waals surface area contributed by atoms with Crippen LogP contribution in [0.5, 0.6) is 0 Å². The third-order valence-electron chi connectivity index (χ3n) is 3.68. The van der Waals surface area contributed by atoms with Gasteiger partial charge in [-0.2, -0.15) is 5.10 Å². The molecule has 0 radical (unpaired) electrons. The Bertz CT molecular complexity index is 895. The lowest BCUT2D eigenvalue weighted by atomic mass is 9.93. The Morgan fingerprint density at radius 2 is 1.92 bits per heavy atom. The second-order valence-electron chi connectivity index (χ2n) is 6.55. The van der Waals surface area contributed by atoms with Gasteiger partial charge < -0.3 is 5.32 Å². The lowest BCUT2D eigenvalue weighted by Gasteiger charge is -2.13. The normalized spacial score (nSPS) is 11.7. The summed E-state index contributed by atoms with van der Waals surface area (Å²) in [6, 6.07) is 11.2. The van der Waals surface area contributed by atoms with Crippen molar-refractivity contribution in [3.63, 3.8) is 0 Å². The third-order valence-corrected chi connectivity index (χ3v) is 4.47. The van der Waals surface area contributed by atoms with E-state index in [1.807, 2.05) is 42.8 Å². The first kappa shape index (κ1) is 16.5. The Morgan fingerprint density at radius 3 is 2.62 bits per heavy atom. The first-order valence-corrected chi connectivity index (χ1v) is 8.92. The lowest BCUT2D eigenvalue weighted by molar-refractivity contribution is 0.102. The van der Waals surface area contributed by atoms with Crippen LogP contribution in [0.4, 0.5) is 5.69 Å². The Hall–Kier alpha value is -2.34. The molecule has 6 heteroatoms. The van der Waals surface area contributed by atoms with Gasteiger partial charge in [0, 0.05) is 10.3 Å². The number of aromatic nitrogens is 3. The molecule has 0 aliphatic carbocycles. The van der Waals surface area contributed by atoms with Gasteiger partial charge in [-0.15, -0.1) is 11.8 Å². The highest BCUT2D eigenvalue weighted by atomic mass is 32.2. The van der Waals surface area contributed by atoms with Crippen molar-refractivity contribution in [1.29, 1.82) is 0 Å². The standard InChI is InChI=1S/C18H20N4OS/c1-18(2,3)15-11-22-16(20-15)10-9-13(21-22)17(23)19-12-7-5-6-8-14(12)24-4/h5-11H,1-4H3,(H,19,23). The number of imidazole rings is 1. The van der Waals surface area contributed by atoms with Gasteiger partial charge >= 0.3 is 0 Å². The number of benzene rings is 1. The number of hydrogen-bond donors (Lipinski definition) is 1. The van der Waals surface area contributed by atoms with E-state index in [1.54, 1.807) is 22.3 Å². The summed E-state index contributed by atoms with van der Waals surface area (Å²) in [6.07, 6.45) is 3.86. The van der Waals surface area contributed by atoms with Crippen molar-refractivity contribution < 1.29 is 4.79 Å². The quantitative estimate of drug-likeness (QED) is 0.732. The summed E-state index contributed by atoms with van der Waals surface area (Å²) in [6.45, 7) is 6.30.